The van der Waals surface area contributed by atoms with Crippen LogP contribution in [0.3, 0.4) is 0 Å². The number of fused-ring (bicyclic) bond motifs is 1. The summed E-state index contributed by atoms with van der Waals surface area (Å²) < 4.78 is 13.3. The third-order valence-corrected chi connectivity index (χ3v) is 5.60. The molecule has 0 bridgehead atoms. The van der Waals surface area contributed by atoms with Gasteiger partial charge in [-0.1, -0.05) is 0 Å². The summed E-state index contributed by atoms with van der Waals surface area (Å²) in [6.07, 6.45) is 4.96. The zero-order valence-corrected chi connectivity index (χ0v) is 14.5. The van der Waals surface area contributed by atoms with Crippen molar-refractivity contribution in [3.05, 3.63) is 23.7 Å². The van der Waals surface area contributed by atoms with E-state index in [-0.39, 0.29) is 6.10 Å². The van der Waals surface area contributed by atoms with E-state index in [9.17, 15) is 0 Å². The lowest BCUT2D eigenvalue weighted by Gasteiger charge is -2.34. The lowest BCUT2D eigenvalue weighted by Crippen LogP contribution is -2.43. The molecule has 0 N–H and O–H groups in total. The third kappa shape index (κ3) is 3.28. The predicted octanol–water partition coefficient (Wildman–Crippen LogP) is 1.60. The van der Waals surface area contributed by atoms with Crippen LogP contribution in [-0.4, -0.2) is 70.3 Å². The third-order valence-electron chi connectivity index (χ3n) is 5.60. The van der Waals surface area contributed by atoms with Crippen molar-refractivity contribution in [3.63, 3.8) is 0 Å². The van der Waals surface area contributed by atoms with Crippen LogP contribution in [-0.2, 0) is 9.47 Å². The Bertz CT molecular complexity index is 730. The summed E-state index contributed by atoms with van der Waals surface area (Å²) in [6, 6.07) is 4.17. The van der Waals surface area contributed by atoms with Gasteiger partial charge in [-0.05, 0) is 50.9 Å². The van der Waals surface area contributed by atoms with Gasteiger partial charge in [0.15, 0.2) is 11.5 Å². The number of hydrogen-bond acceptors (Lipinski definition) is 6. The van der Waals surface area contributed by atoms with E-state index in [0.717, 1.165) is 63.8 Å². The minimum absolute atomic E-state index is 0.224. The predicted molar refractivity (Wildman–Crippen MR) is 91.7 cm³/mol. The first-order valence-electron chi connectivity index (χ1n) is 9.51. The molecule has 0 spiro atoms. The lowest BCUT2D eigenvalue weighted by atomic mass is 9.96. The summed E-state index contributed by atoms with van der Waals surface area (Å²) in [5.74, 6) is 2.13. The normalized spacial score (nSPS) is 26.3. The number of aromatic nitrogens is 4. The van der Waals surface area contributed by atoms with Crippen LogP contribution in [0.1, 0.15) is 49.0 Å². The molecule has 1 unspecified atom stereocenters. The highest BCUT2D eigenvalue weighted by molar-refractivity contribution is 5.38. The van der Waals surface area contributed by atoms with E-state index in [1.54, 1.807) is 0 Å². The number of ether oxygens (including phenoxy) is 2. The molecule has 2 aromatic heterocycles. The van der Waals surface area contributed by atoms with Crippen molar-refractivity contribution in [2.24, 2.45) is 0 Å². The van der Waals surface area contributed by atoms with Gasteiger partial charge in [0.1, 0.15) is 0 Å². The van der Waals surface area contributed by atoms with E-state index in [1.165, 1.54) is 18.5 Å². The molecule has 1 aliphatic carbocycles. The molecule has 0 amide bonds. The monoisotopic (exact) mass is 343 g/mol. The van der Waals surface area contributed by atoms with Crippen LogP contribution in [0, 0.1) is 0 Å². The van der Waals surface area contributed by atoms with Crippen molar-refractivity contribution in [1.29, 1.82) is 0 Å². The van der Waals surface area contributed by atoms with Crippen molar-refractivity contribution in [2.45, 2.75) is 43.6 Å². The molecule has 25 heavy (non-hydrogen) atoms. The number of piperidine rings is 1. The van der Waals surface area contributed by atoms with Crippen LogP contribution >= 0.6 is 0 Å². The minimum atomic E-state index is 0.224. The van der Waals surface area contributed by atoms with Crippen molar-refractivity contribution in [3.8, 4) is 0 Å². The average molecular weight is 343 g/mol. The molecule has 3 aliphatic rings. The van der Waals surface area contributed by atoms with E-state index in [0.29, 0.717) is 11.8 Å². The van der Waals surface area contributed by atoms with E-state index in [1.807, 2.05) is 4.52 Å². The molecular formula is C18H25N5O2. The molecule has 3 fully saturated rings. The van der Waals surface area contributed by atoms with E-state index < -0.39 is 0 Å². The topological polar surface area (TPSA) is 64.8 Å². The van der Waals surface area contributed by atoms with Crippen molar-refractivity contribution in [2.75, 3.05) is 39.5 Å². The SMILES string of the molecule is c1cc2nnc(C3CCN(CC4COCCO4)CC3)n2nc1C1CC1. The van der Waals surface area contributed by atoms with Gasteiger partial charge in [-0.25, -0.2) is 0 Å². The molecule has 2 aliphatic heterocycles. The molecule has 1 saturated carbocycles. The quantitative estimate of drug-likeness (QED) is 0.840. The second kappa shape index (κ2) is 6.63. The Balaban J connectivity index is 1.25. The summed E-state index contributed by atoms with van der Waals surface area (Å²) in [6.45, 7) is 5.29. The maximum absolute atomic E-state index is 5.78. The van der Waals surface area contributed by atoms with Gasteiger partial charge in [-0.15, -0.1) is 10.2 Å². The minimum Gasteiger partial charge on any atom is -0.376 e. The number of nitrogens with zero attached hydrogens (tertiary/aromatic N) is 5. The molecule has 134 valence electrons. The van der Waals surface area contributed by atoms with Crippen LogP contribution in [0.15, 0.2) is 12.1 Å². The summed E-state index contributed by atoms with van der Waals surface area (Å²) >= 11 is 0. The molecule has 0 aromatic carbocycles. The zero-order valence-electron chi connectivity index (χ0n) is 14.5. The van der Waals surface area contributed by atoms with Crippen LogP contribution in [0.25, 0.3) is 5.65 Å². The Labute approximate surface area is 147 Å². The summed E-state index contributed by atoms with van der Waals surface area (Å²) in [4.78, 5) is 2.49. The first-order valence-corrected chi connectivity index (χ1v) is 9.51. The Morgan fingerprint density at radius 3 is 2.64 bits per heavy atom. The molecular weight excluding hydrogens is 318 g/mol. The molecule has 2 saturated heterocycles. The van der Waals surface area contributed by atoms with Gasteiger partial charge in [0, 0.05) is 18.4 Å². The van der Waals surface area contributed by atoms with Crippen molar-refractivity contribution in [1.82, 2.24) is 24.7 Å². The second-order valence-electron chi connectivity index (χ2n) is 7.50. The Morgan fingerprint density at radius 2 is 1.88 bits per heavy atom. The van der Waals surface area contributed by atoms with Crippen LogP contribution in [0.4, 0.5) is 0 Å². The maximum Gasteiger partial charge on any atom is 0.177 e. The zero-order chi connectivity index (χ0) is 16.6. The fraction of sp³-hybridized carbons (Fsp3) is 0.722. The Morgan fingerprint density at radius 1 is 1.00 bits per heavy atom. The fourth-order valence-electron chi connectivity index (χ4n) is 3.97. The van der Waals surface area contributed by atoms with E-state index >= 15 is 0 Å². The molecule has 1 atom stereocenters. The first-order chi connectivity index (χ1) is 12.4. The Hall–Kier alpha value is -1.57. The number of hydrogen-bond donors (Lipinski definition) is 0. The Kier molecular flexibility index (Phi) is 4.15. The van der Waals surface area contributed by atoms with Gasteiger partial charge in [-0.3, -0.25) is 0 Å². The molecule has 7 heteroatoms. The average Bonchev–Trinajstić information content (AvgIpc) is 3.43. The standard InChI is InChI=1S/C18H25N5O2/c1-2-13(1)16-3-4-17-19-20-18(23(17)21-16)14-5-7-22(8-6-14)11-15-12-24-9-10-25-15/h3-4,13-15H,1-2,5-12H2. The summed E-state index contributed by atoms with van der Waals surface area (Å²) in [5, 5.41) is 13.6. The molecule has 4 heterocycles. The molecule has 2 aromatic rings. The van der Waals surface area contributed by atoms with E-state index in [4.69, 9.17) is 14.6 Å². The van der Waals surface area contributed by atoms with Crippen LogP contribution < -0.4 is 0 Å². The number of rotatable bonds is 4. The highest BCUT2D eigenvalue weighted by Gasteiger charge is 2.29. The molecule has 5 rings (SSSR count). The molecule has 0 radical (unpaired) electrons. The maximum atomic E-state index is 5.78. The van der Waals surface area contributed by atoms with Crippen molar-refractivity contribution < 1.29 is 9.47 Å². The van der Waals surface area contributed by atoms with Gasteiger partial charge in [0.2, 0.25) is 0 Å². The van der Waals surface area contributed by atoms with Crippen LogP contribution in [0.5, 0.6) is 0 Å². The smallest absolute Gasteiger partial charge is 0.177 e. The highest BCUT2D eigenvalue weighted by atomic mass is 16.6. The van der Waals surface area contributed by atoms with Crippen molar-refractivity contribution >= 4 is 5.65 Å². The lowest BCUT2D eigenvalue weighted by molar-refractivity contribution is -0.0988. The summed E-state index contributed by atoms with van der Waals surface area (Å²) in [7, 11) is 0. The summed E-state index contributed by atoms with van der Waals surface area (Å²) in [5.41, 5.74) is 2.06. The molecule has 7 nitrogen and oxygen atoms in total. The largest absolute Gasteiger partial charge is 0.376 e. The van der Waals surface area contributed by atoms with Gasteiger partial charge < -0.3 is 14.4 Å². The van der Waals surface area contributed by atoms with Gasteiger partial charge in [-0.2, -0.15) is 9.61 Å². The first kappa shape index (κ1) is 15.7. The van der Waals surface area contributed by atoms with E-state index in [2.05, 4.69) is 27.2 Å². The number of likely N-dealkylation sites (tertiary alicyclic amines) is 1. The van der Waals surface area contributed by atoms with Gasteiger partial charge in [0.05, 0.1) is 31.6 Å². The highest BCUT2D eigenvalue weighted by Crippen LogP contribution is 2.39. The fourth-order valence-corrected chi connectivity index (χ4v) is 3.97. The van der Waals surface area contributed by atoms with Gasteiger partial charge >= 0.3 is 0 Å². The second-order valence-corrected chi connectivity index (χ2v) is 7.50. The van der Waals surface area contributed by atoms with Crippen LogP contribution in [0.2, 0.25) is 0 Å². The van der Waals surface area contributed by atoms with Gasteiger partial charge in [0.25, 0.3) is 0 Å².